The molecular weight excluding hydrogens is 266 g/mol. The zero-order chi connectivity index (χ0) is 15.0. The lowest BCUT2D eigenvalue weighted by atomic mass is 9.63. The van der Waals surface area contributed by atoms with Crippen molar-refractivity contribution in [3.8, 4) is 0 Å². The number of thiocarbonyl (C=S) groups is 1. The summed E-state index contributed by atoms with van der Waals surface area (Å²) in [6.07, 6.45) is 5.47. The number of hydrogen-bond donors (Lipinski definition) is 2. The Morgan fingerprint density at radius 1 is 1.25 bits per heavy atom. The van der Waals surface area contributed by atoms with Gasteiger partial charge in [0, 0.05) is 6.04 Å². The van der Waals surface area contributed by atoms with Gasteiger partial charge in [-0.1, -0.05) is 39.9 Å². The average Bonchev–Trinajstić information content (AvgIpc) is 2.25. The van der Waals surface area contributed by atoms with Gasteiger partial charge in [-0.25, -0.2) is 0 Å². The van der Waals surface area contributed by atoms with E-state index in [1.54, 1.807) is 0 Å². The average molecular weight is 291 g/mol. The number of rotatable bonds is 3. The van der Waals surface area contributed by atoms with E-state index in [1.165, 1.54) is 19.3 Å². The maximum atomic E-state index is 5.57. The molecule has 0 aliphatic heterocycles. The molecule has 0 atom stereocenters. The van der Waals surface area contributed by atoms with Crippen molar-refractivity contribution in [2.45, 2.75) is 53.0 Å². The Labute approximate surface area is 127 Å². The van der Waals surface area contributed by atoms with Gasteiger partial charge in [-0.15, -0.1) is 0 Å². The standard InChI is InChI=1S/C16H25N3S/c1-15(2)7-12(8-16(3,4)10-15)19-11-5-6-13(14(17)20)18-9-11/h5-6,9,12,19H,7-8,10H2,1-4H3,(H2,17,20). The van der Waals surface area contributed by atoms with Crippen molar-refractivity contribution >= 4 is 22.9 Å². The monoisotopic (exact) mass is 291 g/mol. The lowest BCUT2D eigenvalue weighted by Gasteiger charge is -2.45. The normalized spacial score (nSPS) is 21.4. The molecular formula is C16H25N3S. The minimum atomic E-state index is 0.344. The van der Waals surface area contributed by atoms with Crippen LogP contribution in [-0.4, -0.2) is 16.0 Å². The molecule has 1 fully saturated rings. The summed E-state index contributed by atoms with van der Waals surface area (Å²) in [6.45, 7) is 9.43. The van der Waals surface area contributed by atoms with Crippen LogP contribution in [0.4, 0.5) is 5.69 Å². The SMILES string of the molecule is CC1(C)CC(Nc2ccc(C(N)=S)nc2)CC(C)(C)C1. The first-order valence-electron chi connectivity index (χ1n) is 7.19. The van der Waals surface area contributed by atoms with Crippen LogP contribution in [0.3, 0.4) is 0 Å². The number of nitrogens with zero attached hydrogens (tertiary/aromatic N) is 1. The van der Waals surface area contributed by atoms with Crippen LogP contribution in [-0.2, 0) is 0 Å². The van der Waals surface area contributed by atoms with E-state index in [0.29, 0.717) is 27.6 Å². The third-order valence-corrected chi connectivity index (χ3v) is 4.15. The van der Waals surface area contributed by atoms with Gasteiger partial charge in [0.05, 0.1) is 17.6 Å². The first-order valence-corrected chi connectivity index (χ1v) is 7.60. The number of hydrogen-bond acceptors (Lipinski definition) is 3. The van der Waals surface area contributed by atoms with Gasteiger partial charge >= 0.3 is 0 Å². The van der Waals surface area contributed by atoms with Gasteiger partial charge in [-0.2, -0.15) is 0 Å². The van der Waals surface area contributed by atoms with Crippen molar-refractivity contribution < 1.29 is 0 Å². The fourth-order valence-electron chi connectivity index (χ4n) is 3.81. The van der Waals surface area contributed by atoms with Gasteiger partial charge in [0.1, 0.15) is 4.99 Å². The Kier molecular flexibility index (Phi) is 4.05. The molecule has 1 aliphatic rings. The number of nitrogens with one attached hydrogen (secondary N) is 1. The minimum absolute atomic E-state index is 0.344. The summed E-state index contributed by atoms with van der Waals surface area (Å²) in [4.78, 5) is 4.63. The Balaban J connectivity index is 2.07. The molecule has 0 radical (unpaired) electrons. The summed E-state index contributed by atoms with van der Waals surface area (Å²) < 4.78 is 0. The molecule has 2 rings (SSSR count). The molecule has 1 aliphatic carbocycles. The number of nitrogens with two attached hydrogens (primary N) is 1. The summed E-state index contributed by atoms with van der Waals surface area (Å²) in [5.74, 6) is 0. The zero-order valence-corrected chi connectivity index (χ0v) is 13.7. The van der Waals surface area contributed by atoms with Crippen LogP contribution in [0.25, 0.3) is 0 Å². The quantitative estimate of drug-likeness (QED) is 0.833. The van der Waals surface area contributed by atoms with E-state index in [4.69, 9.17) is 18.0 Å². The van der Waals surface area contributed by atoms with Gasteiger partial charge < -0.3 is 11.1 Å². The van der Waals surface area contributed by atoms with E-state index in [1.807, 2.05) is 18.3 Å². The van der Waals surface area contributed by atoms with Crippen molar-refractivity contribution in [2.75, 3.05) is 5.32 Å². The topological polar surface area (TPSA) is 50.9 Å². The van der Waals surface area contributed by atoms with Gasteiger partial charge in [0.2, 0.25) is 0 Å². The van der Waals surface area contributed by atoms with Crippen molar-refractivity contribution in [3.63, 3.8) is 0 Å². The molecule has 4 heteroatoms. The van der Waals surface area contributed by atoms with Crippen molar-refractivity contribution in [1.29, 1.82) is 0 Å². The molecule has 0 spiro atoms. The Morgan fingerprint density at radius 2 is 1.85 bits per heavy atom. The molecule has 1 aromatic rings. The van der Waals surface area contributed by atoms with Crippen LogP contribution in [0, 0.1) is 10.8 Å². The number of pyridine rings is 1. The summed E-state index contributed by atoms with van der Waals surface area (Å²) in [5.41, 5.74) is 8.05. The molecule has 1 heterocycles. The molecule has 0 aromatic carbocycles. The Bertz CT molecular complexity index is 475. The predicted octanol–water partition coefficient (Wildman–Crippen LogP) is 3.73. The van der Waals surface area contributed by atoms with E-state index >= 15 is 0 Å². The maximum Gasteiger partial charge on any atom is 0.122 e. The molecule has 0 saturated heterocycles. The van der Waals surface area contributed by atoms with Crippen molar-refractivity contribution in [2.24, 2.45) is 16.6 Å². The predicted molar refractivity (Wildman–Crippen MR) is 88.9 cm³/mol. The van der Waals surface area contributed by atoms with E-state index < -0.39 is 0 Å². The molecule has 0 unspecified atom stereocenters. The summed E-state index contributed by atoms with van der Waals surface area (Å²) >= 11 is 4.92. The summed E-state index contributed by atoms with van der Waals surface area (Å²) in [6, 6.07) is 4.38. The van der Waals surface area contributed by atoms with E-state index in [9.17, 15) is 0 Å². The number of aromatic nitrogens is 1. The second-order valence-electron chi connectivity index (χ2n) is 7.55. The molecule has 1 aromatic heterocycles. The molecule has 110 valence electrons. The molecule has 0 bridgehead atoms. The molecule has 20 heavy (non-hydrogen) atoms. The van der Waals surface area contributed by atoms with E-state index in [0.717, 1.165) is 5.69 Å². The van der Waals surface area contributed by atoms with Crippen LogP contribution in [0.1, 0.15) is 52.7 Å². The van der Waals surface area contributed by atoms with Crippen LogP contribution < -0.4 is 11.1 Å². The third-order valence-electron chi connectivity index (χ3n) is 3.94. The maximum absolute atomic E-state index is 5.57. The first-order chi connectivity index (χ1) is 9.17. The smallest absolute Gasteiger partial charge is 0.122 e. The van der Waals surface area contributed by atoms with Crippen LogP contribution in [0.5, 0.6) is 0 Å². The lowest BCUT2D eigenvalue weighted by molar-refractivity contribution is 0.105. The fourth-order valence-corrected chi connectivity index (χ4v) is 3.93. The molecule has 3 nitrogen and oxygen atoms in total. The highest BCUT2D eigenvalue weighted by Crippen LogP contribution is 2.46. The van der Waals surface area contributed by atoms with Gasteiger partial charge in [-0.05, 0) is 42.2 Å². The van der Waals surface area contributed by atoms with E-state index in [-0.39, 0.29) is 0 Å². The second kappa shape index (κ2) is 5.32. The van der Waals surface area contributed by atoms with Gasteiger partial charge in [0.15, 0.2) is 0 Å². The lowest BCUT2D eigenvalue weighted by Crippen LogP contribution is -2.40. The van der Waals surface area contributed by atoms with Crippen molar-refractivity contribution in [3.05, 3.63) is 24.0 Å². The highest BCUT2D eigenvalue weighted by Gasteiger charge is 2.38. The summed E-state index contributed by atoms with van der Waals surface area (Å²) in [7, 11) is 0. The number of anilines is 1. The van der Waals surface area contributed by atoms with E-state index in [2.05, 4.69) is 38.0 Å². The van der Waals surface area contributed by atoms with Crippen LogP contribution in [0.15, 0.2) is 18.3 Å². The largest absolute Gasteiger partial charge is 0.388 e. The minimum Gasteiger partial charge on any atom is -0.388 e. The van der Waals surface area contributed by atoms with Crippen molar-refractivity contribution in [1.82, 2.24) is 4.98 Å². The fraction of sp³-hybridized carbons (Fsp3) is 0.625. The summed E-state index contributed by atoms with van der Waals surface area (Å²) in [5, 5.41) is 3.61. The van der Waals surface area contributed by atoms with Gasteiger partial charge in [-0.3, -0.25) is 4.98 Å². The Morgan fingerprint density at radius 3 is 2.30 bits per heavy atom. The molecule has 0 amide bonds. The zero-order valence-electron chi connectivity index (χ0n) is 12.9. The molecule has 1 saturated carbocycles. The molecule has 3 N–H and O–H groups in total. The third kappa shape index (κ3) is 3.92. The highest BCUT2D eigenvalue weighted by molar-refractivity contribution is 7.80. The van der Waals surface area contributed by atoms with Crippen LogP contribution >= 0.6 is 12.2 Å². The highest BCUT2D eigenvalue weighted by atomic mass is 32.1. The second-order valence-corrected chi connectivity index (χ2v) is 7.99. The van der Waals surface area contributed by atoms with Gasteiger partial charge in [0.25, 0.3) is 0 Å². The first kappa shape index (κ1) is 15.2. The Hall–Kier alpha value is -1.16. The van der Waals surface area contributed by atoms with Crippen LogP contribution in [0.2, 0.25) is 0 Å².